The fourth-order valence-electron chi connectivity index (χ4n) is 3.32. The number of hydrogen-bond acceptors (Lipinski definition) is 7. The number of rotatable bonds is 8. The highest BCUT2D eigenvalue weighted by Crippen LogP contribution is 2.30. The topological polar surface area (TPSA) is 98.6 Å². The summed E-state index contributed by atoms with van der Waals surface area (Å²) in [5.41, 5.74) is 1.65. The molecule has 3 aromatic rings. The number of aromatic nitrogens is 3. The van der Waals surface area contributed by atoms with E-state index in [1.807, 2.05) is 60.0 Å². The van der Waals surface area contributed by atoms with Gasteiger partial charge in [-0.05, 0) is 43.3 Å². The van der Waals surface area contributed by atoms with Crippen molar-refractivity contribution in [3.63, 3.8) is 0 Å². The molecule has 1 saturated heterocycles. The minimum absolute atomic E-state index is 0.0701. The van der Waals surface area contributed by atoms with Gasteiger partial charge in [-0.3, -0.25) is 14.3 Å². The monoisotopic (exact) mass is 453 g/mol. The predicted molar refractivity (Wildman–Crippen MR) is 120 cm³/mol. The maximum Gasteiger partial charge on any atom is 0.324 e. The third-order valence-corrected chi connectivity index (χ3v) is 5.76. The number of benzene rings is 2. The van der Waals surface area contributed by atoms with E-state index < -0.39 is 0 Å². The Morgan fingerprint density at radius 2 is 1.97 bits per heavy atom. The van der Waals surface area contributed by atoms with Crippen LogP contribution < -0.4 is 14.8 Å². The Morgan fingerprint density at radius 3 is 2.66 bits per heavy atom. The molecule has 0 spiro atoms. The summed E-state index contributed by atoms with van der Waals surface area (Å²) in [5, 5.41) is 11.9. The molecule has 2 aromatic carbocycles. The molecule has 3 amide bonds. The second-order valence-corrected chi connectivity index (χ2v) is 7.81. The molecule has 166 valence electrons. The van der Waals surface area contributed by atoms with Crippen molar-refractivity contribution in [1.82, 2.24) is 25.0 Å². The first-order valence-electron chi connectivity index (χ1n) is 10.1. The van der Waals surface area contributed by atoms with Crippen molar-refractivity contribution in [3.05, 3.63) is 48.5 Å². The summed E-state index contributed by atoms with van der Waals surface area (Å²) in [7, 11) is 1.61. The summed E-state index contributed by atoms with van der Waals surface area (Å²) >= 11 is 1.23. The molecule has 32 heavy (non-hydrogen) atoms. The Labute approximate surface area is 189 Å². The summed E-state index contributed by atoms with van der Waals surface area (Å²) in [6.07, 6.45) is 0. The number of imide groups is 1. The summed E-state index contributed by atoms with van der Waals surface area (Å²) in [5.74, 6) is 1.88. The molecule has 10 heteroatoms. The van der Waals surface area contributed by atoms with Crippen molar-refractivity contribution in [2.45, 2.75) is 12.1 Å². The van der Waals surface area contributed by atoms with E-state index in [0.717, 1.165) is 17.0 Å². The van der Waals surface area contributed by atoms with Crippen LogP contribution >= 0.6 is 11.8 Å². The van der Waals surface area contributed by atoms with Gasteiger partial charge in [-0.15, -0.1) is 10.2 Å². The maximum absolute atomic E-state index is 12.5. The zero-order valence-corrected chi connectivity index (χ0v) is 18.6. The van der Waals surface area contributed by atoms with Crippen LogP contribution in [0.2, 0.25) is 0 Å². The lowest BCUT2D eigenvalue weighted by molar-refractivity contribution is -0.124. The summed E-state index contributed by atoms with van der Waals surface area (Å²) in [4.78, 5) is 25.5. The van der Waals surface area contributed by atoms with E-state index in [1.165, 1.54) is 16.7 Å². The van der Waals surface area contributed by atoms with Gasteiger partial charge in [0.2, 0.25) is 5.91 Å². The van der Waals surface area contributed by atoms with Crippen LogP contribution in [0.3, 0.4) is 0 Å². The Balaban J connectivity index is 1.67. The van der Waals surface area contributed by atoms with Gasteiger partial charge in [0.1, 0.15) is 11.5 Å². The van der Waals surface area contributed by atoms with E-state index >= 15 is 0 Å². The molecule has 0 saturated carbocycles. The van der Waals surface area contributed by atoms with E-state index in [2.05, 4.69) is 15.5 Å². The van der Waals surface area contributed by atoms with Crippen LogP contribution in [-0.4, -0.2) is 64.2 Å². The molecule has 2 heterocycles. The molecule has 4 rings (SSSR count). The number of amides is 3. The second kappa shape index (κ2) is 9.73. The van der Waals surface area contributed by atoms with Crippen LogP contribution in [0.4, 0.5) is 4.79 Å². The number of ether oxygens (including phenoxy) is 2. The SMILES string of the molecule is CCOc1ccc(-n2c(SCC(=O)N3CCNC3=O)nnc2-c2cccc(OC)c2)cc1. The van der Waals surface area contributed by atoms with Gasteiger partial charge in [-0.1, -0.05) is 23.9 Å². The van der Waals surface area contributed by atoms with Gasteiger partial charge in [0.15, 0.2) is 11.0 Å². The van der Waals surface area contributed by atoms with Crippen molar-refractivity contribution in [3.8, 4) is 28.6 Å². The average Bonchev–Trinajstić information content (AvgIpc) is 3.44. The number of hydrogen-bond donors (Lipinski definition) is 1. The number of methoxy groups -OCH3 is 1. The van der Waals surface area contributed by atoms with Crippen molar-refractivity contribution in [2.24, 2.45) is 0 Å². The van der Waals surface area contributed by atoms with Crippen molar-refractivity contribution in [2.75, 3.05) is 32.6 Å². The third kappa shape index (κ3) is 4.54. The molecule has 0 bridgehead atoms. The van der Waals surface area contributed by atoms with E-state index in [-0.39, 0.29) is 17.7 Å². The zero-order valence-electron chi connectivity index (χ0n) is 17.8. The van der Waals surface area contributed by atoms with Crippen molar-refractivity contribution < 1.29 is 19.1 Å². The normalized spacial score (nSPS) is 13.2. The molecule has 1 fully saturated rings. The number of carbonyl (C=O) groups excluding carboxylic acids is 2. The summed E-state index contributed by atoms with van der Waals surface area (Å²) in [6, 6.07) is 14.8. The fourth-order valence-corrected chi connectivity index (χ4v) is 4.15. The molecule has 1 N–H and O–H groups in total. The highest BCUT2D eigenvalue weighted by Gasteiger charge is 2.27. The highest BCUT2D eigenvalue weighted by molar-refractivity contribution is 7.99. The smallest absolute Gasteiger partial charge is 0.324 e. The minimum atomic E-state index is -0.361. The molecule has 9 nitrogen and oxygen atoms in total. The standard InChI is InChI=1S/C22H23N5O4S/c1-3-31-17-9-7-16(8-10-17)27-20(15-5-4-6-18(13-15)30-2)24-25-22(27)32-14-19(28)26-12-11-23-21(26)29/h4-10,13H,3,11-12,14H2,1-2H3,(H,23,29). The molecular weight excluding hydrogens is 430 g/mol. The lowest BCUT2D eigenvalue weighted by Gasteiger charge is -2.13. The van der Waals surface area contributed by atoms with Crippen LogP contribution in [-0.2, 0) is 4.79 Å². The van der Waals surface area contributed by atoms with Gasteiger partial charge in [0.05, 0.1) is 19.5 Å². The molecule has 1 aromatic heterocycles. The summed E-state index contributed by atoms with van der Waals surface area (Å²) in [6.45, 7) is 3.35. The molecule has 0 atom stereocenters. The molecule has 0 radical (unpaired) electrons. The van der Waals surface area contributed by atoms with Crippen LogP contribution in [0.25, 0.3) is 17.1 Å². The number of carbonyl (C=O) groups is 2. The third-order valence-electron chi connectivity index (χ3n) is 4.85. The summed E-state index contributed by atoms with van der Waals surface area (Å²) < 4.78 is 12.8. The van der Waals surface area contributed by atoms with Crippen LogP contribution in [0.5, 0.6) is 11.5 Å². The van der Waals surface area contributed by atoms with Crippen LogP contribution in [0.15, 0.2) is 53.7 Å². The predicted octanol–water partition coefficient (Wildman–Crippen LogP) is 2.99. The van der Waals surface area contributed by atoms with E-state index in [1.54, 1.807) is 7.11 Å². The largest absolute Gasteiger partial charge is 0.497 e. The minimum Gasteiger partial charge on any atom is -0.497 e. The fraction of sp³-hybridized carbons (Fsp3) is 0.273. The Morgan fingerprint density at radius 1 is 1.16 bits per heavy atom. The molecular formula is C22H23N5O4S. The van der Waals surface area contributed by atoms with E-state index in [9.17, 15) is 9.59 Å². The Hall–Kier alpha value is -3.53. The first-order valence-corrected chi connectivity index (χ1v) is 11.1. The number of nitrogens with one attached hydrogen (secondary N) is 1. The molecule has 1 aliphatic rings. The van der Waals surface area contributed by atoms with Gasteiger partial charge in [0.25, 0.3) is 0 Å². The van der Waals surface area contributed by atoms with E-state index in [0.29, 0.717) is 36.4 Å². The molecule has 0 aliphatic carbocycles. The maximum atomic E-state index is 12.5. The lowest BCUT2D eigenvalue weighted by Crippen LogP contribution is -2.35. The second-order valence-electron chi connectivity index (χ2n) is 6.87. The first kappa shape index (κ1) is 21.7. The van der Waals surface area contributed by atoms with Gasteiger partial charge in [0, 0.05) is 24.3 Å². The first-order chi connectivity index (χ1) is 15.6. The average molecular weight is 454 g/mol. The van der Waals surface area contributed by atoms with Gasteiger partial charge < -0.3 is 14.8 Å². The Bertz CT molecular complexity index is 1120. The van der Waals surface area contributed by atoms with Gasteiger partial charge in [-0.25, -0.2) is 4.79 Å². The van der Waals surface area contributed by atoms with Gasteiger partial charge >= 0.3 is 6.03 Å². The quantitative estimate of drug-likeness (QED) is 0.524. The lowest BCUT2D eigenvalue weighted by atomic mass is 10.2. The number of urea groups is 1. The van der Waals surface area contributed by atoms with E-state index in [4.69, 9.17) is 9.47 Å². The van der Waals surface area contributed by atoms with Crippen molar-refractivity contribution in [1.29, 1.82) is 0 Å². The van der Waals surface area contributed by atoms with Crippen LogP contribution in [0.1, 0.15) is 6.92 Å². The van der Waals surface area contributed by atoms with Gasteiger partial charge in [-0.2, -0.15) is 0 Å². The highest BCUT2D eigenvalue weighted by atomic mass is 32.2. The van der Waals surface area contributed by atoms with Crippen molar-refractivity contribution >= 4 is 23.7 Å². The number of nitrogens with zero attached hydrogens (tertiary/aromatic N) is 4. The van der Waals surface area contributed by atoms with Crippen LogP contribution in [0, 0.1) is 0 Å². The number of thioether (sulfide) groups is 1. The Kier molecular flexibility index (Phi) is 6.60. The molecule has 1 aliphatic heterocycles. The zero-order chi connectivity index (χ0) is 22.5. The molecule has 0 unspecified atom stereocenters.